The van der Waals surface area contributed by atoms with Crippen LogP contribution in [0.3, 0.4) is 0 Å². The molecule has 10 aromatic carbocycles. The van der Waals surface area contributed by atoms with Crippen LogP contribution in [-0.2, 0) is 0 Å². The SMILES string of the molecule is c1ccc(-c2nc(-c3cccnc3)nc(-c3cccc(-c4ccccc4-c4cc5ccc6cccc7c8cccc9ccc%10cccc(c(c4)c5c67)c%10c98)c3)n2)cc1. The van der Waals surface area contributed by atoms with Crippen LogP contribution in [0.15, 0.2) is 194 Å². The second kappa shape index (κ2) is 12.9. The number of pyridine rings is 1. The number of hydrogen-bond donors (Lipinski definition) is 0. The Morgan fingerprint density at radius 1 is 0.276 bits per heavy atom. The van der Waals surface area contributed by atoms with Crippen molar-refractivity contribution in [2.45, 2.75) is 0 Å². The van der Waals surface area contributed by atoms with Gasteiger partial charge in [0.15, 0.2) is 17.5 Å². The molecule has 2 aromatic heterocycles. The molecule has 4 heteroatoms. The van der Waals surface area contributed by atoms with E-state index < -0.39 is 0 Å². The smallest absolute Gasteiger partial charge is 0.165 e. The molecule has 4 nitrogen and oxygen atoms in total. The molecule has 0 atom stereocenters. The van der Waals surface area contributed by atoms with E-state index in [9.17, 15) is 0 Å². The van der Waals surface area contributed by atoms with Crippen molar-refractivity contribution in [3.8, 4) is 56.4 Å². The van der Waals surface area contributed by atoms with E-state index in [1.807, 2.05) is 42.5 Å². The van der Waals surface area contributed by atoms with Gasteiger partial charge in [0.2, 0.25) is 0 Å². The molecule has 0 radical (unpaired) electrons. The van der Waals surface area contributed by atoms with Crippen molar-refractivity contribution >= 4 is 64.6 Å². The average Bonchev–Trinajstić information content (AvgIpc) is 3.30. The fourth-order valence-electron chi connectivity index (χ4n) is 9.10. The summed E-state index contributed by atoms with van der Waals surface area (Å²) >= 11 is 0. The maximum atomic E-state index is 5.03. The maximum Gasteiger partial charge on any atom is 0.165 e. The predicted octanol–water partition coefficient (Wildman–Crippen LogP) is 14.0. The second-order valence-corrected chi connectivity index (χ2v) is 15.0. The van der Waals surface area contributed by atoms with Gasteiger partial charge in [-0.05, 0) is 117 Å². The fourth-order valence-corrected chi connectivity index (χ4v) is 9.10. The Hall–Kier alpha value is -7.82. The van der Waals surface area contributed by atoms with E-state index in [-0.39, 0.29) is 0 Å². The van der Waals surface area contributed by atoms with E-state index in [0.717, 1.165) is 33.4 Å². The largest absolute Gasteiger partial charge is 0.264 e. The van der Waals surface area contributed by atoms with Crippen LogP contribution in [0.2, 0.25) is 0 Å². The van der Waals surface area contributed by atoms with E-state index >= 15 is 0 Å². The van der Waals surface area contributed by atoms with Crippen LogP contribution in [0, 0.1) is 0 Å². The Morgan fingerprint density at radius 3 is 1.40 bits per heavy atom. The monoisotopic (exact) mass is 736 g/mol. The first-order valence-corrected chi connectivity index (χ1v) is 19.6. The van der Waals surface area contributed by atoms with Crippen LogP contribution in [-0.4, -0.2) is 19.9 Å². The van der Waals surface area contributed by atoms with Crippen LogP contribution in [0.4, 0.5) is 0 Å². The Balaban J connectivity index is 1.09. The van der Waals surface area contributed by atoms with E-state index in [1.165, 1.54) is 70.2 Å². The predicted molar refractivity (Wildman–Crippen MR) is 241 cm³/mol. The number of rotatable bonds is 5. The van der Waals surface area contributed by atoms with Crippen LogP contribution in [0.5, 0.6) is 0 Å². The van der Waals surface area contributed by atoms with E-state index in [1.54, 1.807) is 12.4 Å². The van der Waals surface area contributed by atoms with Gasteiger partial charge in [0.05, 0.1) is 0 Å². The standard InChI is InChI=1S/C54H32N4/c1-2-11-36(12-3-1)52-56-53(58-54(57-52)40-18-10-28-55-32-40)39-17-6-16-37(29-39)42-19-4-5-20-43(42)41-30-38-27-26-35-14-8-22-45-44-21-7-13-33-24-25-34-15-9-23-46(50(34)48(33)44)47(31-41)51(38)49(35)45/h1-32H. The van der Waals surface area contributed by atoms with Gasteiger partial charge < -0.3 is 0 Å². The first kappa shape index (κ1) is 32.4. The topological polar surface area (TPSA) is 51.6 Å². The van der Waals surface area contributed by atoms with Gasteiger partial charge in [-0.25, -0.2) is 15.0 Å². The summed E-state index contributed by atoms with van der Waals surface area (Å²) < 4.78 is 0. The summed E-state index contributed by atoms with van der Waals surface area (Å²) in [6.45, 7) is 0. The summed E-state index contributed by atoms with van der Waals surface area (Å²) in [5.41, 5.74) is 7.24. The van der Waals surface area contributed by atoms with Crippen molar-refractivity contribution < 1.29 is 0 Å². The Labute approximate surface area is 334 Å². The zero-order valence-electron chi connectivity index (χ0n) is 31.3. The summed E-state index contributed by atoms with van der Waals surface area (Å²) in [4.78, 5) is 19.3. The van der Waals surface area contributed by atoms with Crippen LogP contribution < -0.4 is 0 Å². The second-order valence-electron chi connectivity index (χ2n) is 15.0. The molecule has 0 N–H and O–H groups in total. The van der Waals surface area contributed by atoms with Crippen molar-refractivity contribution in [3.05, 3.63) is 194 Å². The molecule has 268 valence electrons. The number of nitrogens with zero attached hydrogens (tertiary/aromatic N) is 4. The van der Waals surface area contributed by atoms with Gasteiger partial charge in [0.25, 0.3) is 0 Å². The molecular formula is C54H32N4. The normalized spacial score (nSPS) is 11.8. The molecule has 0 spiro atoms. The van der Waals surface area contributed by atoms with Gasteiger partial charge in [-0.2, -0.15) is 0 Å². The fraction of sp³-hybridized carbons (Fsp3) is 0. The van der Waals surface area contributed by atoms with Crippen LogP contribution in [0.1, 0.15) is 0 Å². The van der Waals surface area contributed by atoms with Crippen molar-refractivity contribution in [3.63, 3.8) is 0 Å². The number of aromatic nitrogens is 4. The molecule has 0 aliphatic carbocycles. The van der Waals surface area contributed by atoms with Gasteiger partial charge in [-0.15, -0.1) is 0 Å². The lowest BCUT2D eigenvalue weighted by molar-refractivity contribution is 1.07. The third kappa shape index (κ3) is 5.09. The van der Waals surface area contributed by atoms with Crippen molar-refractivity contribution in [2.75, 3.05) is 0 Å². The Bertz CT molecular complexity index is 3500. The summed E-state index contributed by atoms with van der Waals surface area (Å²) in [6, 6.07) is 65.5. The molecule has 0 saturated carbocycles. The highest BCUT2D eigenvalue weighted by molar-refractivity contribution is 6.37. The van der Waals surface area contributed by atoms with Gasteiger partial charge in [0.1, 0.15) is 0 Å². The minimum Gasteiger partial charge on any atom is -0.264 e. The molecule has 0 aliphatic heterocycles. The minimum atomic E-state index is 0.587. The molecule has 0 fully saturated rings. The number of hydrogen-bond acceptors (Lipinski definition) is 4. The molecule has 12 rings (SSSR count). The van der Waals surface area contributed by atoms with Gasteiger partial charge in [-0.1, -0.05) is 152 Å². The number of fused-ring (bicyclic) bond motifs is 2. The molecule has 0 bridgehead atoms. The molecule has 0 saturated heterocycles. The van der Waals surface area contributed by atoms with E-state index in [0.29, 0.717) is 17.5 Å². The highest BCUT2D eigenvalue weighted by atomic mass is 15.0. The third-order valence-electron chi connectivity index (χ3n) is 11.7. The maximum absolute atomic E-state index is 5.03. The molecule has 12 aromatic rings. The molecule has 0 unspecified atom stereocenters. The molecule has 0 amide bonds. The Morgan fingerprint density at radius 2 is 0.759 bits per heavy atom. The van der Waals surface area contributed by atoms with E-state index in [4.69, 9.17) is 15.0 Å². The van der Waals surface area contributed by atoms with Crippen molar-refractivity contribution in [1.82, 2.24) is 19.9 Å². The van der Waals surface area contributed by atoms with Gasteiger partial charge in [0, 0.05) is 29.1 Å². The lowest BCUT2D eigenvalue weighted by Gasteiger charge is -2.18. The first-order chi connectivity index (χ1) is 28.7. The molecule has 58 heavy (non-hydrogen) atoms. The minimum absolute atomic E-state index is 0.587. The van der Waals surface area contributed by atoms with Crippen LogP contribution >= 0.6 is 0 Å². The van der Waals surface area contributed by atoms with Crippen LogP contribution in [0.25, 0.3) is 121 Å². The summed E-state index contributed by atoms with van der Waals surface area (Å²) in [6.07, 6.45) is 3.56. The van der Waals surface area contributed by atoms with E-state index in [2.05, 4.69) is 145 Å². The van der Waals surface area contributed by atoms with Crippen molar-refractivity contribution in [1.29, 1.82) is 0 Å². The zero-order chi connectivity index (χ0) is 38.2. The highest BCUT2D eigenvalue weighted by Gasteiger charge is 2.18. The van der Waals surface area contributed by atoms with Gasteiger partial charge >= 0.3 is 0 Å². The average molecular weight is 737 g/mol. The third-order valence-corrected chi connectivity index (χ3v) is 11.7. The molecule has 0 aliphatic rings. The summed E-state index contributed by atoms with van der Waals surface area (Å²) in [5, 5.41) is 15.3. The number of benzene rings is 9. The summed E-state index contributed by atoms with van der Waals surface area (Å²) in [5.74, 6) is 1.82. The Kier molecular flexibility index (Phi) is 7.20. The molecule has 2 heterocycles. The zero-order valence-corrected chi connectivity index (χ0v) is 31.3. The highest BCUT2D eigenvalue weighted by Crippen LogP contribution is 2.45. The van der Waals surface area contributed by atoms with Crippen molar-refractivity contribution in [2.24, 2.45) is 0 Å². The molecular weight excluding hydrogens is 705 g/mol. The quantitative estimate of drug-likeness (QED) is 0.165. The summed E-state index contributed by atoms with van der Waals surface area (Å²) in [7, 11) is 0. The lowest BCUT2D eigenvalue weighted by Crippen LogP contribution is -2.00. The lowest BCUT2D eigenvalue weighted by atomic mass is 9.85. The van der Waals surface area contributed by atoms with Gasteiger partial charge in [-0.3, -0.25) is 4.98 Å². The first-order valence-electron chi connectivity index (χ1n) is 19.6.